The van der Waals surface area contributed by atoms with Gasteiger partial charge < -0.3 is 30.6 Å². The summed E-state index contributed by atoms with van der Waals surface area (Å²) < 4.78 is 0. The number of hydrogen-bond acceptors (Lipinski definition) is 6. The molecule has 4 aromatic rings. The Kier molecular flexibility index (Phi) is 8.40. The highest BCUT2D eigenvalue weighted by Crippen LogP contribution is 2.51. The van der Waals surface area contributed by atoms with Gasteiger partial charge in [0.2, 0.25) is 0 Å². The molecule has 0 aliphatic rings. The highest BCUT2D eigenvalue weighted by atomic mass is 16.3. The highest BCUT2D eigenvalue weighted by Gasteiger charge is 2.40. The number of benzene rings is 4. The molecule has 6 nitrogen and oxygen atoms in total. The van der Waals surface area contributed by atoms with Crippen molar-refractivity contribution in [1.29, 1.82) is 0 Å². The van der Waals surface area contributed by atoms with Gasteiger partial charge in [0.1, 0.15) is 34.5 Å². The monoisotopic (exact) mass is 570 g/mol. The maximum atomic E-state index is 11.0. The summed E-state index contributed by atoms with van der Waals surface area (Å²) in [7, 11) is 0. The van der Waals surface area contributed by atoms with Crippen molar-refractivity contribution in [3.05, 3.63) is 106 Å². The van der Waals surface area contributed by atoms with Gasteiger partial charge in [-0.3, -0.25) is 0 Å². The number of phenols is 6. The zero-order valence-corrected chi connectivity index (χ0v) is 25.2. The number of hydrogen-bond donors (Lipinski definition) is 6. The first kappa shape index (κ1) is 30.6. The molecule has 222 valence electrons. The third kappa shape index (κ3) is 5.71. The number of phenolic OH excluding ortho intramolecular Hbond substituents is 6. The van der Waals surface area contributed by atoms with Crippen LogP contribution < -0.4 is 0 Å². The van der Waals surface area contributed by atoms with Gasteiger partial charge in [-0.2, -0.15) is 0 Å². The summed E-state index contributed by atoms with van der Waals surface area (Å²) >= 11 is 0. The van der Waals surface area contributed by atoms with E-state index in [1.807, 2.05) is 31.2 Å². The Morgan fingerprint density at radius 2 is 0.738 bits per heavy atom. The molecule has 4 aromatic carbocycles. The lowest BCUT2D eigenvalue weighted by Crippen LogP contribution is -2.32. The molecule has 0 saturated carbocycles. The Labute approximate surface area is 248 Å². The minimum Gasteiger partial charge on any atom is -0.508 e. The Balaban J connectivity index is 1.98. The largest absolute Gasteiger partial charge is 0.508 e. The molecule has 0 heterocycles. The van der Waals surface area contributed by atoms with Gasteiger partial charge in [0.05, 0.1) is 0 Å². The van der Waals surface area contributed by atoms with E-state index < -0.39 is 10.8 Å². The predicted octanol–water partition coefficient (Wildman–Crippen LogP) is 8.26. The van der Waals surface area contributed by atoms with Crippen LogP contribution in [0.5, 0.6) is 34.5 Å². The Hall–Kier alpha value is -4.32. The SMILES string of the molecule is CC(C)c1cc(O)ccc1C(C)(CCC(C)(c1ccc(O)cc1O)c1ccc(O)cc1O)c1ccc(O)cc1C(C)C. The van der Waals surface area contributed by atoms with Gasteiger partial charge in [-0.05, 0) is 83.3 Å². The first-order chi connectivity index (χ1) is 19.7. The molecule has 0 aromatic heterocycles. The van der Waals surface area contributed by atoms with Gasteiger partial charge in [-0.25, -0.2) is 0 Å². The summed E-state index contributed by atoms with van der Waals surface area (Å²) in [4.78, 5) is 0. The third-order valence-electron chi connectivity index (χ3n) is 8.78. The smallest absolute Gasteiger partial charge is 0.123 e. The van der Waals surface area contributed by atoms with Crippen molar-refractivity contribution in [3.8, 4) is 34.5 Å². The quantitative estimate of drug-likeness (QED) is 0.120. The Morgan fingerprint density at radius 3 is 1.05 bits per heavy atom. The summed E-state index contributed by atoms with van der Waals surface area (Å²) in [6.07, 6.45) is 0.982. The second-order valence-corrected chi connectivity index (χ2v) is 12.4. The van der Waals surface area contributed by atoms with Crippen molar-refractivity contribution < 1.29 is 30.6 Å². The molecular weight excluding hydrogens is 528 g/mol. The minimum atomic E-state index is -0.944. The van der Waals surface area contributed by atoms with Gasteiger partial charge in [0.15, 0.2) is 0 Å². The summed E-state index contributed by atoms with van der Waals surface area (Å²) in [6, 6.07) is 19.9. The Bertz CT molecular complexity index is 1480. The van der Waals surface area contributed by atoms with Crippen LogP contribution in [0.1, 0.15) is 99.6 Å². The van der Waals surface area contributed by atoms with E-state index in [4.69, 9.17) is 0 Å². The molecule has 0 spiro atoms. The summed E-state index contributed by atoms with van der Waals surface area (Å²) in [5.41, 5.74) is 3.55. The summed E-state index contributed by atoms with van der Waals surface area (Å²) in [6.45, 7) is 12.5. The molecule has 6 heteroatoms. The van der Waals surface area contributed by atoms with Crippen molar-refractivity contribution in [2.24, 2.45) is 0 Å². The van der Waals surface area contributed by atoms with Crippen LogP contribution in [0.15, 0.2) is 72.8 Å². The molecule has 0 aliphatic heterocycles. The van der Waals surface area contributed by atoms with E-state index in [2.05, 4.69) is 34.6 Å². The van der Waals surface area contributed by atoms with Crippen LogP contribution in [0.3, 0.4) is 0 Å². The minimum absolute atomic E-state index is 0.0743. The van der Waals surface area contributed by atoms with E-state index in [1.165, 1.54) is 24.3 Å². The third-order valence-corrected chi connectivity index (χ3v) is 8.78. The van der Waals surface area contributed by atoms with E-state index in [1.54, 1.807) is 24.3 Å². The van der Waals surface area contributed by atoms with Gasteiger partial charge in [0.25, 0.3) is 0 Å². The normalized spacial score (nSPS) is 12.3. The van der Waals surface area contributed by atoms with E-state index >= 15 is 0 Å². The predicted molar refractivity (Wildman–Crippen MR) is 166 cm³/mol. The average molecular weight is 571 g/mol. The van der Waals surface area contributed by atoms with E-state index in [0.717, 1.165) is 22.3 Å². The molecule has 0 atom stereocenters. The first-order valence-electron chi connectivity index (χ1n) is 14.4. The van der Waals surface area contributed by atoms with E-state index in [0.29, 0.717) is 24.0 Å². The lowest BCUT2D eigenvalue weighted by molar-refractivity contribution is 0.371. The van der Waals surface area contributed by atoms with E-state index in [9.17, 15) is 30.6 Å². The molecule has 0 aliphatic carbocycles. The molecule has 6 N–H and O–H groups in total. The van der Waals surface area contributed by atoms with Gasteiger partial charge in [-0.1, -0.05) is 65.8 Å². The van der Waals surface area contributed by atoms with Crippen molar-refractivity contribution in [3.63, 3.8) is 0 Å². The van der Waals surface area contributed by atoms with Crippen molar-refractivity contribution in [1.82, 2.24) is 0 Å². The van der Waals surface area contributed by atoms with Crippen LogP contribution in [-0.4, -0.2) is 30.6 Å². The van der Waals surface area contributed by atoms with Gasteiger partial charge in [-0.15, -0.1) is 0 Å². The first-order valence-corrected chi connectivity index (χ1v) is 14.4. The maximum absolute atomic E-state index is 11.0. The fraction of sp³-hybridized carbons (Fsp3) is 0.333. The van der Waals surface area contributed by atoms with Crippen LogP contribution in [0.4, 0.5) is 0 Å². The van der Waals surface area contributed by atoms with Crippen molar-refractivity contribution >= 4 is 0 Å². The molecule has 0 unspecified atom stereocenters. The van der Waals surface area contributed by atoms with E-state index in [-0.39, 0.29) is 46.3 Å². The molecule has 0 amide bonds. The molecule has 4 rings (SSSR count). The second kappa shape index (κ2) is 11.5. The molecule has 42 heavy (non-hydrogen) atoms. The summed E-state index contributed by atoms with van der Waals surface area (Å²) in [5.74, 6) is 0.238. The summed E-state index contributed by atoms with van der Waals surface area (Å²) in [5, 5.41) is 63.1. The van der Waals surface area contributed by atoms with Crippen molar-refractivity contribution in [2.75, 3.05) is 0 Å². The lowest BCUT2D eigenvalue weighted by Gasteiger charge is -2.40. The van der Waals surface area contributed by atoms with Crippen LogP contribution in [0, 0.1) is 0 Å². The number of aromatic hydroxyl groups is 6. The molecule has 0 fully saturated rings. The Morgan fingerprint density at radius 1 is 0.452 bits per heavy atom. The van der Waals surface area contributed by atoms with Gasteiger partial charge in [0, 0.05) is 34.1 Å². The highest BCUT2D eigenvalue weighted by molar-refractivity contribution is 5.55. The molecular formula is C36H42O6. The fourth-order valence-electron chi connectivity index (χ4n) is 6.36. The van der Waals surface area contributed by atoms with Gasteiger partial charge >= 0.3 is 0 Å². The van der Waals surface area contributed by atoms with Crippen LogP contribution in [0.25, 0.3) is 0 Å². The molecule has 0 saturated heterocycles. The van der Waals surface area contributed by atoms with Crippen LogP contribution in [0.2, 0.25) is 0 Å². The van der Waals surface area contributed by atoms with Crippen molar-refractivity contribution in [2.45, 2.75) is 77.0 Å². The number of rotatable bonds is 9. The standard InChI is InChI=1S/C36H42O6/c1-21(2)27-17-23(37)7-11-29(27)35(5,30-12-8-24(38)18-28(30)22(3)4)15-16-36(6,31-13-9-25(39)19-33(31)41)32-14-10-26(40)20-34(32)42/h7-14,17-22,37-42H,15-16H2,1-6H3. The van der Waals surface area contributed by atoms with Crippen LogP contribution in [-0.2, 0) is 10.8 Å². The fourth-order valence-corrected chi connectivity index (χ4v) is 6.36. The lowest BCUT2D eigenvalue weighted by atomic mass is 9.63. The molecule has 0 bridgehead atoms. The second-order valence-electron chi connectivity index (χ2n) is 12.4. The topological polar surface area (TPSA) is 121 Å². The van der Waals surface area contributed by atoms with Crippen LogP contribution >= 0.6 is 0 Å². The average Bonchev–Trinajstić information content (AvgIpc) is 2.91. The molecule has 0 radical (unpaired) electrons. The zero-order chi connectivity index (χ0) is 31.0. The zero-order valence-electron chi connectivity index (χ0n) is 25.2. The maximum Gasteiger partial charge on any atom is 0.123 e.